The van der Waals surface area contributed by atoms with Gasteiger partial charge in [-0.3, -0.25) is 4.68 Å². The number of hydrogen-bond donors (Lipinski definition) is 0. The van der Waals surface area contributed by atoms with Crippen molar-refractivity contribution in [2.24, 2.45) is 12.5 Å². The molecule has 0 N–H and O–H groups in total. The molecule has 0 bridgehead atoms. The third kappa shape index (κ3) is 4.09. The van der Waals surface area contributed by atoms with E-state index in [0.29, 0.717) is 5.92 Å². The van der Waals surface area contributed by atoms with Crippen LogP contribution in [0.15, 0.2) is 24.5 Å². The SMILES string of the molecule is Cc1cc(-c2nn3cc([C@@H]4CC[C@@]5(CCN(C(=O)OC(C)(C)C)C5)C4)nc3s2)cc2cn(C)nc12. The molecule has 1 saturated heterocycles. The fourth-order valence-corrected chi connectivity index (χ4v) is 6.71. The first-order valence-corrected chi connectivity index (χ1v) is 13.2. The van der Waals surface area contributed by atoms with E-state index in [1.54, 1.807) is 11.3 Å². The van der Waals surface area contributed by atoms with Crippen LogP contribution in [0.25, 0.3) is 26.4 Å². The second-order valence-corrected chi connectivity index (χ2v) is 12.4. The van der Waals surface area contributed by atoms with Crippen LogP contribution in [-0.4, -0.2) is 54.1 Å². The van der Waals surface area contributed by atoms with E-state index in [9.17, 15) is 4.79 Å². The molecular weight excluding hydrogens is 460 g/mol. The molecule has 184 valence electrons. The summed E-state index contributed by atoms with van der Waals surface area (Å²) in [6.45, 7) is 9.43. The van der Waals surface area contributed by atoms with E-state index < -0.39 is 5.60 Å². The van der Waals surface area contributed by atoms with Gasteiger partial charge in [-0.05, 0) is 76.5 Å². The molecule has 35 heavy (non-hydrogen) atoms. The average Bonchev–Trinajstić information content (AvgIpc) is 3.55. The predicted octanol–water partition coefficient (Wildman–Crippen LogP) is 5.55. The molecule has 2 aliphatic rings. The topological polar surface area (TPSA) is 77.5 Å². The number of likely N-dealkylation sites (tertiary alicyclic amines) is 1. The molecule has 6 rings (SSSR count). The Labute approximate surface area is 208 Å². The predicted molar refractivity (Wildman–Crippen MR) is 137 cm³/mol. The fraction of sp³-hybridized carbons (Fsp3) is 0.538. The van der Waals surface area contributed by atoms with Crippen molar-refractivity contribution >= 4 is 33.3 Å². The molecule has 8 nitrogen and oxygen atoms in total. The van der Waals surface area contributed by atoms with Crippen LogP contribution < -0.4 is 0 Å². The minimum Gasteiger partial charge on any atom is -0.444 e. The van der Waals surface area contributed by atoms with Gasteiger partial charge in [-0.1, -0.05) is 11.3 Å². The van der Waals surface area contributed by atoms with Crippen LogP contribution in [0.5, 0.6) is 0 Å². The Morgan fingerprint density at radius 1 is 1.20 bits per heavy atom. The van der Waals surface area contributed by atoms with E-state index in [-0.39, 0.29) is 11.5 Å². The van der Waals surface area contributed by atoms with Crippen molar-refractivity contribution in [3.05, 3.63) is 35.8 Å². The third-order valence-corrected chi connectivity index (χ3v) is 8.40. The maximum atomic E-state index is 12.6. The Morgan fingerprint density at radius 2 is 2.03 bits per heavy atom. The van der Waals surface area contributed by atoms with Gasteiger partial charge in [-0.25, -0.2) is 14.3 Å². The molecule has 1 aliphatic carbocycles. The van der Waals surface area contributed by atoms with Gasteiger partial charge >= 0.3 is 6.09 Å². The van der Waals surface area contributed by atoms with E-state index in [4.69, 9.17) is 14.8 Å². The molecule has 0 radical (unpaired) electrons. The van der Waals surface area contributed by atoms with Gasteiger partial charge in [0.25, 0.3) is 0 Å². The largest absolute Gasteiger partial charge is 0.444 e. The van der Waals surface area contributed by atoms with Gasteiger partial charge in [-0.15, -0.1) is 0 Å². The Hall–Kier alpha value is -2.94. The lowest BCUT2D eigenvalue weighted by Gasteiger charge is -2.27. The molecule has 1 aliphatic heterocycles. The van der Waals surface area contributed by atoms with Crippen molar-refractivity contribution in [2.75, 3.05) is 13.1 Å². The first kappa shape index (κ1) is 22.5. The minimum absolute atomic E-state index is 0.184. The number of fused-ring (bicyclic) bond motifs is 2. The number of ether oxygens (including phenoxy) is 1. The molecule has 1 saturated carbocycles. The van der Waals surface area contributed by atoms with Crippen molar-refractivity contribution in [3.63, 3.8) is 0 Å². The number of hydrogen-bond acceptors (Lipinski definition) is 6. The summed E-state index contributed by atoms with van der Waals surface area (Å²) in [7, 11) is 1.95. The maximum absolute atomic E-state index is 12.6. The van der Waals surface area contributed by atoms with Gasteiger partial charge in [0.2, 0.25) is 4.96 Å². The summed E-state index contributed by atoms with van der Waals surface area (Å²) < 4.78 is 9.40. The lowest BCUT2D eigenvalue weighted by molar-refractivity contribution is 0.0273. The van der Waals surface area contributed by atoms with Gasteiger partial charge in [-0.2, -0.15) is 10.2 Å². The minimum atomic E-state index is -0.457. The van der Waals surface area contributed by atoms with Crippen LogP contribution in [0.4, 0.5) is 4.79 Å². The molecule has 2 fully saturated rings. The summed E-state index contributed by atoms with van der Waals surface area (Å²) in [5.74, 6) is 0.417. The van der Waals surface area contributed by atoms with Crippen molar-refractivity contribution in [3.8, 4) is 10.6 Å². The zero-order valence-electron chi connectivity index (χ0n) is 21.0. The standard InChI is InChI=1S/C26H32N6O2S/c1-16-10-18(11-19-13-30(5)28-21(16)19)22-29-32-14-20(27-23(32)35-22)17-6-7-26(12-17)8-9-31(15-26)24(33)34-25(2,3)4/h10-11,13-14,17H,6-9,12,15H2,1-5H3/t17-,26-/m1/s1. The van der Waals surface area contributed by atoms with Crippen molar-refractivity contribution in [2.45, 2.75) is 64.9 Å². The lowest BCUT2D eigenvalue weighted by atomic mass is 9.84. The highest BCUT2D eigenvalue weighted by atomic mass is 32.1. The Kier molecular flexibility index (Phi) is 5.01. The molecular formula is C26H32N6O2S. The van der Waals surface area contributed by atoms with Crippen molar-refractivity contribution in [1.29, 1.82) is 0 Å². The van der Waals surface area contributed by atoms with E-state index in [1.165, 1.54) is 0 Å². The first-order valence-electron chi connectivity index (χ1n) is 12.4. The normalized spacial score (nSPS) is 22.8. The van der Waals surface area contributed by atoms with Crippen LogP contribution in [0, 0.1) is 12.3 Å². The number of nitrogens with zero attached hydrogens (tertiary/aromatic N) is 6. The van der Waals surface area contributed by atoms with Crippen molar-refractivity contribution in [1.82, 2.24) is 29.3 Å². The molecule has 4 heterocycles. The molecule has 1 aromatic carbocycles. The highest BCUT2D eigenvalue weighted by Crippen LogP contribution is 2.51. The van der Waals surface area contributed by atoms with Gasteiger partial charge in [0.15, 0.2) is 0 Å². The summed E-state index contributed by atoms with van der Waals surface area (Å²) in [6.07, 6.45) is 8.32. The molecule has 9 heteroatoms. The molecule has 1 spiro atoms. The molecule has 2 atom stereocenters. The van der Waals surface area contributed by atoms with E-state index >= 15 is 0 Å². The molecule has 1 amide bonds. The summed E-state index contributed by atoms with van der Waals surface area (Å²) in [5.41, 5.74) is 4.15. The van der Waals surface area contributed by atoms with Gasteiger partial charge < -0.3 is 9.64 Å². The number of rotatable bonds is 2. The van der Waals surface area contributed by atoms with E-state index in [1.807, 2.05) is 48.1 Å². The Bertz CT molecular complexity index is 1410. The second-order valence-electron chi connectivity index (χ2n) is 11.4. The van der Waals surface area contributed by atoms with Crippen LogP contribution in [-0.2, 0) is 11.8 Å². The highest BCUT2D eigenvalue weighted by Gasteiger charge is 2.46. The number of amides is 1. The number of aromatic nitrogens is 5. The Morgan fingerprint density at radius 3 is 2.80 bits per heavy atom. The Balaban J connectivity index is 1.18. The fourth-order valence-electron chi connectivity index (χ4n) is 5.83. The summed E-state index contributed by atoms with van der Waals surface area (Å²) in [4.78, 5) is 20.4. The number of aryl methyl sites for hydroxylation is 2. The van der Waals surface area contributed by atoms with E-state index in [2.05, 4.69) is 30.4 Å². The zero-order chi connectivity index (χ0) is 24.5. The highest BCUT2D eigenvalue weighted by molar-refractivity contribution is 7.19. The second kappa shape index (κ2) is 7.78. The lowest BCUT2D eigenvalue weighted by Crippen LogP contribution is -2.36. The summed E-state index contributed by atoms with van der Waals surface area (Å²) in [5, 5.41) is 11.5. The third-order valence-electron chi connectivity index (χ3n) is 7.43. The average molecular weight is 493 g/mol. The first-order chi connectivity index (χ1) is 16.6. The molecule has 0 unspecified atom stereocenters. The van der Waals surface area contributed by atoms with Crippen molar-refractivity contribution < 1.29 is 9.53 Å². The number of carbonyl (C=O) groups is 1. The summed E-state index contributed by atoms with van der Waals surface area (Å²) >= 11 is 1.63. The van der Waals surface area contributed by atoms with Gasteiger partial charge in [0, 0.05) is 43.2 Å². The maximum Gasteiger partial charge on any atom is 0.410 e. The number of imidazole rings is 1. The van der Waals surface area contributed by atoms with Gasteiger partial charge in [0.1, 0.15) is 10.6 Å². The van der Waals surface area contributed by atoms with Crippen LogP contribution in [0.3, 0.4) is 0 Å². The van der Waals surface area contributed by atoms with Gasteiger partial charge in [0.05, 0.1) is 17.4 Å². The zero-order valence-corrected chi connectivity index (χ0v) is 21.9. The van der Waals surface area contributed by atoms with Crippen LogP contribution in [0.1, 0.15) is 63.6 Å². The smallest absolute Gasteiger partial charge is 0.410 e. The summed E-state index contributed by atoms with van der Waals surface area (Å²) in [6, 6.07) is 4.32. The van der Waals surface area contributed by atoms with E-state index in [0.717, 1.165) is 76.5 Å². The number of benzene rings is 1. The monoisotopic (exact) mass is 492 g/mol. The van der Waals surface area contributed by atoms with Crippen LogP contribution >= 0.6 is 11.3 Å². The van der Waals surface area contributed by atoms with Crippen LogP contribution in [0.2, 0.25) is 0 Å². The molecule has 4 aromatic rings. The number of carbonyl (C=O) groups excluding carboxylic acids is 1. The quantitative estimate of drug-likeness (QED) is 0.367. The molecule has 3 aromatic heterocycles.